The first-order chi connectivity index (χ1) is 11.2. The summed E-state index contributed by atoms with van der Waals surface area (Å²) in [5, 5.41) is 3.19. The van der Waals surface area contributed by atoms with Crippen molar-refractivity contribution >= 4 is 28.5 Å². The van der Waals surface area contributed by atoms with Crippen LogP contribution in [0.1, 0.15) is 36.8 Å². The molecule has 1 aliphatic heterocycles. The molecule has 2 amide bonds. The fourth-order valence-electron chi connectivity index (χ4n) is 2.97. The summed E-state index contributed by atoms with van der Waals surface area (Å²) < 4.78 is 4.86. The first kappa shape index (κ1) is 16.0. The van der Waals surface area contributed by atoms with Gasteiger partial charge in [0, 0.05) is 23.8 Å². The van der Waals surface area contributed by atoms with E-state index in [-0.39, 0.29) is 11.8 Å². The third kappa shape index (κ3) is 3.72. The second kappa shape index (κ2) is 7.12. The van der Waals surface area contributed by atoms with E-state index in [1.54, 1.807) is 6.92 Å². The predicted octanol–water partition coefficient (Wildman–Crippen LogP) is 2.95. The van der Waals surface area contributed by atoms with Gasteiger partial charge in [-0.15, -0.1) is 0 Å². The zero-order chi connectivity index (χ0) is 16.2. The van der Waals surface area contributed by atoms with Gasteiger partial charge in [-0.25, -0.2) is 9.78 Å². The van der Waals surface area contributed by atoms with Crippen molar-refractivity contribution in [2.24, 2.45) is 5.92 Å². The standard InChI is InChI=1S/C16H21N3O3S/c1-2-22-16(21)18-15-17-12-8-9-19(10-13(12)23-15)14(20)11-6-4-3-5-7-11/h3-4,11H,2,5-10H2,1H3,(H,17,18,21)/t11-/m1/s1. The number of aromatic nitrogens is 1. The number of nitrogens with one attached hydrogen (secondary N) is 1. The number of rotatable bonds is 3. The molecule has 0 bridgehead atoms. The zero-order valence-corrected chi connectivity index (χ0v) is 14.0. The number of allylic oxidation sites excluding steroid dienone is 2. The summed E-state index contributed by atoms with van der Waals surface area (Å²) in [5.41, 5.74) is 0.981. The molecule has 7 heteroatoms. The Morgan fingerprint density at radius 2 is 2.35 bits per heavy atom. The lowest BCUT2D eigenvalue weighted by Crippen LogP contribution is -2.39. The van der Waals surface area contributed by atoms with E-state index in [1.165, 1.54) is 11.3 Å². The van der Waals surface area contributed by atoms with Gasteiger partial charge >= 0.3 is 6.09 Å². The number of amides is 2. The van der Waals surface area contributed by atoms with Crippen molar-refractivity contribution in [3.8, 4) is 0 Å². The largest absolute Gasteiger partial charge is 0.450 e. The molecule has 23 heavy (non-hydrogen) atoms. The lowest BCUT2D eigenvalue weighted by atomic mass is 9.92. The molecule has 1 N–H and O–H groups in total. The van der Waals surface area contributed by atoms with Gasteiger partial charge in [-0.2, -0.15) is 0 Å². The number of anilines is 1. The van der Waals surface area contributed by atoms with E-state index < -0.39 is 6.09 Å². The Labute approximate surface area is 139 Å². The third-order valence-corrected chi connectivity index (χ3v) is 5.14. The van der Waals surface area contributed by atoms with Crippen LogP contribution in [0.4, 0.5) is 9.93 Å². The van der Waals surface area contributed by atoms with E-state index in [0.29, 0.717) is 24.8 Å². The number of hydrogen-bond donors (Lipinski definition) is 1. The van der Waals surface area contributed by atoms with Crippen molar-refractivity contribution in [1.82, 2.24) is 9.88 Å². The number of carbonyl (C=O) groups excluding carboxylic acids is 2. The Hall–Kier alpha value is -1.89. The van der Waals surface area contributed by atoms with Crippen LogP contribution < -0.4 is 5.32 Å². The summed E-state index contributed by atoms with van der Waals surface area (Å²) in [5.74, 6) is 0.361. The lowest BCUT2D eigenvalue weighted by molar-refractivity contribution is -0.136. The van der Waals surface area contributed by atoms with E-state index in [4.69, 9.17) is 4.74 Å². The summed E-state index contributed by atoms with van der Waals surface area (Å²) in [6, 6.07) is 0. The Morgan fingerprint density at radius 3 is 3.09 bits per heavy atom. The first-order valence-electron chi connectivity index (χ1n) is 8.03. The van der Waals surface area contributed by atoms with E-state index in [0.717, 1.165) is 36.3 Å². The van der Waals surface area contributed by atoms with Gasteiger partial charge in [0.1, 0.15) is 0 Å². The molecule has 6 nitrogen and oxygen atoms in total. The zero-order valence-electron chi connectivity index (χ0n) is 13.2. The monoisotopic (exact) mass is 335 g/mol. The van der Waals surface area contributed by atoms with Crippen LogP contribution in [0.2, 0.25) is 0 Å². The molecule has 0 unspecified atom stereocenters. The summed E-state index contributed by atoms with van der Waals surface area (Å²) >= 11 is 1.43. The third-order valence-electron chi connectivity index (χ3n) is 4.15. The van der Waals surface area contributed by atoms with Crippen molar-refractivity contribution in [2.75, 3.05) is 18.5 Å². The van der Waals surface area contributed by atoms with Gasteiger partial charge in [-0.1, -0.05) is 23.5 Å². The molecular formula is C16H21N3O3S. The summed E-state index contributed by atoms with van der Waals surface area (Å²) in [7, 11) is 0. The highest BCUT2D eigenvalue weighted by atomic mass is 32.1. The molecule has 1 aromatic rings. The van der Waals surface area contributed by atoms with Crippen molar-refractivity contribution in [3.05, 3.63) is 22.7 Å². The second-order valence-electron chi connectivity index (χ2n) is 5.73. The fraction of sp³-hybridized carbons (Fsp3) is 0.562. The number of carbonyl (C=O) groups is 2. The molecule has 1 atom stereocenters. The van der Waals surface area contributed by atoms with Crippen LogP contribution >= 0.6 is 11.3 Å². The molecular weight excluding hydrogens is 314 g/mol. The normalized spacial score (nSPS) is 20.0. The molecule has 2 heterocycles. The van der Waals surface area contributed by atoms with Crippen molar-refractivity contribution in [1.29, 1.82) is 0 Å². The molecule has 0 saturated carbocycles. The molecule has 0 fully saturated rings. The molecule has 1 aromatic heterocycles. The van der Waals surface area contributed by atoms with Gasteiger partial charge in [0.2, 0.25) is 5.91 Å². The highest BCUT2D eigenvalue weighted by Gasteiger charge is 2.29. The Morgan fingerprint density at radius 1 is 1.48 bits per heavy atom. The Balaban J connectivity index is 1.64. The van der Waals surface area contributed by atoms with E-state index >= 15 is 0 Å². The van der Waals surface area contributed by atoms with Crippen LogP contribution in [-0.4, -0.2) is 35.0 Å². The lowest BCUT2D eigenvalue weighted by Gasteiger charge is -2.30. The van der Waals surface area contributed by atoms with Gasteiger partial charge in [-0.3, -0.25) is 10.1 Å². The maximum Gasteiger partial charge on any atom is 0.413 e. The van der Waals surface area contributed by atoms with Gasteiger partial charge < -0.3 is 9.64 Å². The van der Waals surface area contributed by atoms with Crippen LogP contribution in [-0.2, 0) is 22.5 Å². The van der Waals surface area contributed by atoms with Crippen LogP contribution in [0, 0.1) is 5.92 Å². The SMILES string of the molecule is CCOC(=O)Nc1nc2c(s1)CN(C(=O)[C@@H]1CC=CCC1)CC2. The van der Waals surface area contributed by atoms with E-state index in [9.17, 15) is 9.59 Å². The molecule has 124 valence electrons. The number of nitrogens with zero attached hydrogens (tertiary/aromatic N) is 2. The molecule has 0 radical (unpaired) electrons. The number of ether oxygens (including phenoxy) is 1. The smallest absolute Gasteiger partial charge is 0.413 e. The predicted molar refractivity (Wildman–Crippen MR) is 88.4 cm³/mol. The summed E-state index contributed by atoms with van der Waals surface area (Å²) in [6.45, 7) is 3.39. The Kier molecular flexibility index (Phi) is 4.95. The maximum atomic E-state index is 12.6. The first-order valence-corrected chi connectivity index (χ1v) is 8.85. The number of fused-ring (bicyclic) bond motifs is 1. The highest BCUT2D eigenvalue weighted by Crippen LogP contribution is 2.30. The maximum absolute atomic E-state index is 12.6. The number of hydrogen-bond acceptors (Lipinski definition) is 5. The minimum Gasteiger partial charge on any atom is -0.450 e. The molecule has 2 aliphatic rings. The summed E-state index contributed by atoms with van der Waals surface area (Å²) in [6.07, 6.45) is 7.29. The second-order valence-corrected chi connectivity index (χ2v) is 6.81. The van der Waals surface area contributed by atoms with Crippen molar-refractivity contribution in [3.63, 3.8) is 0 Å². The molecule has 0 saturated heterocycles. The van der Waals surface area contributed by atoms with Gasteiger partial charge in [0.05, 0.1) is 18.8 Å². The molecule has 0 aromatic carbocycles. The topological polar surface area (TPSA) is 71.5 Å². The van der Waals surface area contributed by atoms with Crippen molar-refractivity contribution < 1.29 is 14.3 Å². The quantitative estimate of drug-likeness (QED) is 0.862. The van der Waals surface area contributed by atoms with Gasteiger partial charge in [0.15, 0.2) is 5.13 Å². The highest BCUT2D eigenvalue weighted by molar-refractivity contribution is 7.15. The van der Waals surface area contributed by atoms with E-state index in [2.05, 4.69) is 22.5 Å². The van der Waals surface area contributed by atoms with Crippen LogP contribution in [0.15, 0.2) is 12.2 Å². The van der Waals surface area contributed by atoms with E-state index in [1.807, 2.05) is 4.90 Å². The molecule has 1 aliphatic carbocycles. The van der Waals surface area contributed by atoms with Crippen LogP contribution in [0.5, 0.6) is 0 Å². The van der Waals surface area contributed by atoms with Crippen LogP contribution in [0.25, 0.3) is 0 Å². The Bertz CT molecular complexity index is 626. The fourth-order valence-corrected chi connectivity index (χ4v) is 3.98. The average molecular weight is 335 g/mol. The number of thiazole rings is 1. The molecule has 3 rings (SSSR count). The summed E-state index contributed by atoms with van der Waals surface area (Å²) in [4.78, 5) is 31.5. The minimum absolute atomic E-state index is 0.117. The van der Waals surface area contributed by atoms with Gasteiger partial charge in [-0.05, 0) is 26.2 Å². The van der Waals surface area contributed by atoms with Crippen molar-refractivity contribution in [2.45, 2.75) is 39.2 Å². The molecule has 0 spiro atoms. The van der Waals surface area contributed by atoms with Gasteiger partial charge in [0.25, 0.3) is 0 Å². The average Bonchev–Trinajstić information content (AvgIpc) is 2.96. The van der Waals surface area contributed by atoms with Crippen LogP contribution in [0.3, 0.4) is 0 Å². The minimum atomic E-state index is -0.486.